The van der Waals surface area contributed by atoms with Crippen LogP contribution in [0.25, 0.3) is 11.1 Å². The Labute approximate surface area is 141 Å². The molecule has 0 radical (unpaired) electrons. The minimum Gasteiger partial charge on any atom is -0.282 e. The lowest BCUT2D eigenvalue weighted by Crippen LogP contribution is -2.06. The summed E-state index contributed by atoms with van der Waals surface area (Å²) in [6, 6.07) is 8.63. The smallest absolute Gasteiger partial charge is 0.282 e. The zero-order chi connectivity index (χ0) is 18.3. The van der Waals surface area contributed by atoms with Crippen LogP contribution in [0.4, 0.5) is 0 Å². The van der Waals surface area contributed by atoms with E-state index in [0.29, 0.717) is 11.1 Å². The lowest BCUT2D eigenvalue weighted by molar-refractivity contribution is 0.480. The largest absolute Gasteiger partial charge is 0.295 e. The van der Waals surface area contributed by atoms with E-state index in [2.05, 4.69) is 0 Å². The first-order valence-corrected chi connectivity index (χ1v) is 9.99. The molecular formula is C16H18O6S2. The molecule has 0 atom stereocenters. The Morgan fingerprint density at radius 3 is 1.71 bits per heavy atom. The Morgan fingerprint density at radius 2 is 1.25 bits per heavy atom. The minimum absolute atomic E-state index is 0.00558. The molecule has 0 aliphatic heterocycles. The second-order valence-corrected chi connectivity index (χ2v) is 8.64. The van der Waals surface area contributed by atoms with E-state index < -0.39 is 30.0 Å². The second kappa shape index (κ2) is 6.29. The van der Waals surface area contributed by atoms with E-state index >= 15 is 0 Å². The number of aryl methyl sites for hydroxylation is 1. The third-order valence-electron chi connectivity index (χ3n) is 3.66. The molecule has 0 saturated heterocycles. The van der Waals surface area contributed by atoms with Crippen LogP contribution in [0, 0.1) is 6.92 Å². The predicted molar refractivity (Wildman–Crippen MR) is 90.3 cm³/mol. The number of hydrogen-bond donors (Lipinski definition) is 2. The number of rotatable bonds is 4. The van der Waals surface area contributed by atoms with Gasteiger partial charge in [0.15, 0.2) is 0 Å². The summed E-state index contributed by atoms with van der Waals surface area (Å²) >= 11 is 0. The van der Waals surface area contributed by atoms with E-state index in [9.17, 15) is 25.9 Å². The first-order chi connectivity index (χ1) is 10.9. The average molecular weight is 370 g/mol. The molecule has 2 aromatic rings. The summed E-state index contributed by atoms with van der Waals surface area (Å²) in [7, 11) is -9.16. The van der Waals surface area contributed by atoms with E-state index in [-0.39, 0.29) is 17.0 Å². The molecule has 0 heterocycles. The zero-order valence-electron chi connectivity index (χ0n) is 13.4. The maximum absolute atomic E-state index is 11.8. The first kappa shape index (κ1) is 18.6. The molecule has 0 amide bonds. The summed E-state index contributed by atoms with van der Waals surface area (Å²) < 4.78 is 65.9. The molecule has 0 spiro atoms. The monoisotopic (exact) mass is 370 g/mol. The lowest BCUT2D eigenvalue weighted by atomic mass is 9.98. The molecule has 0 unspecified atom stereocenters. The fraction of sp³-hybridized carbons (Fsp3) is 0.250. The molecular weight excluding hydrogens is 352 g/mol. The third kappa shape index (κ3) is 3.84. The fourth-order valence-corrected chi connectivity index (χ4v) is 3.93. The van der Waals surface area contributed by atoms with Crippen LogP contribution in [0.2, 0.25) is 0 Å². The summed E-state index contributed by atoms with van der Waals surface area (Å²) in [6.45, 7) is 5.36. The summed E-state index contributed by atoms with van der Waals surface area (Å²) in [5.41, 5.74) is 1.27. The molecule has 8 heteroatoms. The summed E-state index contributed by atoms with van der Waals surface area (Å²) in [5, 5.41) is 0. The molecule has 0 aliphatic rings. The van der Waals surface area contributed by atoms with Gasteiger partial charge in [0.1, 0.15) is 9.79 Å². The van der Waals surface area contributed by atoms with Crippen molar-refractivity contribution >= 4 is 20.2 Å². The number of hydrogen-bond acceptors (Lipinski definition) is 4. The number of benzene rings is 2. The van der Waals surface area contributed by atoms with Gasteiger partial charge in [-0.3, -0.25) is 9.11 Å². The van der Waals surface area contributed by atoms with Crippen molar-refractivity contribution in [1.29, 1.82) is 0 Å². The van der Waals surface area contributed by atoms with E-state index in [1.807, 2.05) is 13.8 Å². The average Bonchev–Trinajstić information content (AvgIpc) is 2.44. The second-order valence-electron chi connectivity index (χ2n) is 5.86. The van der Waals surface area contributed by atoms with Crippen LogP contribution in [0.1, 0.15) is 30.9 Å². The zero-order valence-corrected chi connectivity index (χ0v) is 15.0. The van der Waals surface area contributed by atoms with E-state index in [0.717, 1.165) is 0 Å². The molecule has 2 rings (SSSR count). The highest BCUT2D eigenvalue weighted by Gasteiger charge is 2.23. The van der Waals surface area contributed by atoms with Crippen LogP contribution in [0.3, 0.4) is 0 Å². The molecule has 0 fully saturated rings. The van der Waals surface area contributed by atoms with Gasteiger partial charge in [-0.05, 0) is 36.1 Å². The highest BCUT2D eigenvalue weighted by atomic mass is 32.2. The van der Waals surface area contributed by atoms with Crippen molar-refractivity contribution in [3.63, 3.8) is 0 Å². The fourth-order valence-electron chi connectivity index (χ4n) is 2.40. The van der Waals surface area contributed by atoms with Crippen molar-refractivity contribution in [2.24, 2.45) is 0 Å². The molecule has 130 valence electrons. The molecule has 6 nitrogen and oxygen atoms in total. The summed E-state index contributed by atoms with van der Waals surface area (Å²) in [4.78, 5) is -0.813. The Balaban J connectivity index is 2.89. The molecule has 0 aromatic heterocycles. The van der Waals surface area contributed by atoms with Crippen LogP contribution in [-0.2, 0) is 20.2 Å². The topological polar surface area (TPSA) is 109 Å². The molecule has 2 aromatic carbocycles. The van der Waals surface area contributed by atoms with Gasteiger partial charge in [0, 0.05) is 11.1 Å². The van der Waals surface area contributed by atoms with Gasteiger partial charge >= 0.3 is 0 Å². The lowest BCUT2D eigenvalue weighted by Gasteiger charge is -2.14. The van der Waals surface area contributed by atoms with Gasteiger partial charge in [0.05, 0.1) is 0 Å². The van der Waals surface area contributed by atoms with Crippen LogP contribution in [-0.4, -0.2) is 25.9 Å². The van der Waals surface area contributed by atoms with Gasteiger partial charge in [0.2, 0.25) is 0 Å². The minimum atomic E-state index is -4.59. The van der Waals surface area contributed by atoms with Crippen LogP contribution in [0.5, 0.6) is 0 Å². The highest BCUT2D eigenvalue weighted by Crippen LogP contribution is 2.34. The molecule has 0 aliphatic carbocycles. The van der Waals surface area contributed by atoms with Crippen molar-refractivity contribution in [3.8, 4) is 11.1 Å². The van der Waals surface area contributed by atoms with Gasteiger partial charge in [-0.25, -0.2) is 0 Å². The Kier molecular flexibility index (Phi) is 4.87. The quantitative estimate of drug-likeness (QED) is 0.800. The van der Waals surface area contributed by atoms with Crippen molar-refractivity contribution in [1.82, 2.24) is 0 Å². The van der Waals surface area contributed by atoms with Crippen molar-refractivity contribution in [3.05, 3.63) is 47.5 Å². The van der Waals surface area contributed by atoms with Gasteiger partial charge in [0.25, 0.3) is 20.2 Å². The van der Waals surface area contributed by atoms with Crippen LogP contribution >= 0.6 is 0 Å². The van der Waals surface area contributed by atoms with Gasteiger partial charge in [-0.15, -0.1) is 0 Å². The molecule has 2 N–H and O–H groups in total. The molecule has 0 bridgehead atoms. The Bertz CT molecular complexity index is 989. The summed E-state index contributed by atoms with van der Waals surface area (Å²) in [6.07, 6.45) is 0. The van der Waals surface area contributed by atoms with E-state index in [1.54, 1.807) is 19.1 Å². The first-order valence-electron chi connectivity index (χ1n) is 7.11. The molecule has 0 saturated carbocycles. The van der Waals surface area contributed by atoms with Gasteiger partial charge in [-0.1, -0.05) is 38.1 Å². The third-order valence-corrected chi connectivity index (χ3v) is 5.44. The summed E-state index contributed by atoms with van der Waals surface area (Å²) in [5.74, 6) is 0.0126. The highest BCUT2D eigenvalue weighted by molar-refractivity contribution is 7.86. The molecule has 24 heavy (non-hydrogen) atoms. The van der Waals surface area contributed by atoms with E-state index in [4.69, 9.17) is 0 Å². The van der Waals surface area contributed by atoms with Crippen molar-refractivity contribution < 1.29 is 25.9 Å². The van der Waals surface area contributed by atoms with E-state index in [1.165, 1.54) is 24.3 Å². The van der Waals surface area contributed by atoms with Gasteiger partial charge in [-0.2, -0.15) is 16.8 Å². The predicted octanol–water partition coefficient (Wildman–Crippen LogP) is 3.28. The van der Waals surface area contributed by atoms with Crippen molar-refractivity contribution in [2.45, 2.75) is 36.5 Å². The standard InChI is InChI=1S/C16H18O6S2/c1-10(2)12-5-7-14(16(9-12)24(20,21)22)13-6-4-11(3)8-15(13)23(17,18)19/h4-10H,1-3H3,(H,17,18,19)(H,20,21,22). The maximum Gasteiger partial charge on any atom is 0.295 e. The maximum atomic E-state index is 11.8. The Hall–Kier alpha value is -1.74. The SMILES string of the molecule is Cc1ccc(-c2ccc(C(C)C)cc2S(=O)(=O)O)c(S(=O)(=O)O)c1. The van der Waals surface area contributed by atoms with Gasteiger partial charge < -0.3 is 0 Å². The van der Waals surface area contributed by atoms with Crippen LogP contribution in [0.15, 0.2) is 46.2 Å². The van der Waals surface area contributed by atoms with Crippen molar-refractivity contribution in [2.75, 3.05) is 0 Å². The normalized spacial score (nSPS) is 12.6. The Morgan fingerprint density at radius 1 is 0.792 bits per heavy atom. The van der Waals surface area contributed by atoms with Crippen LogP contribution < -0.4 is 0 Å².